The van der Waals surface area contributed by atoms with Crippen LogP contribution in [0.15, 0.2) is 18.3 Å². The van der Waals surface area contributed by atoms with Crippen molar-refractivity contribution >= 4 is 47.5 Å². The summed E-state index contributed by atoms with van der Waals surface area (Å²) in [6.07, 6.45) is 1.52. The highest BCUT2D eigenvalue weighted by Crippen LogP contribution is 2.38. The lowest BCUT2D eigenvalue weighted by atomic mass is 9.84. The van der Waals surface area contributed by atoms with Crippen molar-refractivity contribution in [2.45, 2.75) is 42.7 Å². The van der Waals surface area contributed by atoms with Gasteiger partial charge in [-0.3, -0.25) is 4.98 Å². The van der Waals surface area contributed by atoms with E-state index in [0.717, 1.165) is 0 Å². The Kier molecular flexibility index (Phi) is 3.87. The molecule has 0 atom stereocenters. The van der Waals surface area contributed by atoms with Crippen molar-refractivity contribution in [2.24, 2.45) is 0 Å². The van der Waals surface area contributed by atoms with E-state index in [4.69, 9.17) is 44.1 Å². The quantitative estimate of drug-likeness (QED) is 0.588. The standard InChI is InChI=1S/C12H15BCl3NO2/c1-10(2)11(3,4)19-13(18-10)9-6-5-8(7-17-9)12(14,15)16/h5-7H,1-4H3. The molecule has 2 heterocycles. The van der Waals surface area contributed by atoms with Crippen molar-refractivity contribution in [3.8, 4) is 0 Å². The average molecular weight is 322 g/mol. The van der Waals surface area contributed by atoms with E-state index >= 15 is 0 Å². The minimum atomic E-state index is -1.47. The lowest BCUT2D eigenvalue weighted by Crippen LogP contribution is -2.41. The number of nitrogens with zero attached hydrogens (tertiary/aromatic N) is 1. The molecule has 1 aromatic rings. The van der Waals surface area contributed by atoms with E-state index in [1.54, 1.807) is 12.1 Å². The zero-order chi connectivity index (χ0) is 14.5. The summed E-state index contributed by atoms with van der Waals surface area (Å²) in [6.45, 7) is 7.96. The Labute approximate surface area is 128 Å². The average Bonchev–Trinajstić information content (AvgIpc) is 2.47. The van der Waals surface area contributed by atoms with E-state index in [1.807, 2.05) is 27.7 Å². The molecule has 0 aromatic carbocycles. The van der Waals surface area contributed by atoms with Crippen LogP contribution in [0.4, 0.5) is 0 Å². The maximum atomic E-state index is 5.89. The second-order valence-electron chi connectivity index (χ2n) is 5.56. The summed E-state index contributed by atoms with van der Waals surface area (Å²) in [5.74, 6) is 0. The highest BCUT2D eigenvalue weighted by molar-refractivity contribution is 6.66. The first-order valence-corrected chi connectivity index (χ1v) is 7.05. The first-order chi connectivity index (χ1) is 8.53. The lowest BCUT2D eigenvalue weighted by Gasteiger charge is -2.32. The minimum Gasteiger partial charge on any atom is -0.398 e. The maximum absolute atomic E-state index is 5.89. The fourth-order valence-electron chi connectivity index (χ4n) is 1.68. The third-order valence-electron chi connectivity index (χ3n) is 3.61. The van der Waals surface area contributed by atoms with Crippen molar-refractivity contribution in [2.75, 3.05) is 0 Å². The molecule has 0 unspecified atom stereocenters. The molecule has 0 N–H and O–H groups in total. The van der Waals surface area contributed by atoms with Crippen LogP contribution in [0.2, 0.25) is 0 Å². The molecule has 0 amide bonds. The number of alkyl halides is 3. The van der Waals surface area contributed by atoms with Crippen LogP contribution in [0, 0.1) is 0 Å². The first-order valence-electron chi connectivity index (χ1n) is 5.92. The predicted molar refractivity (Wildman–Crippen MR) is 79.2 cm³/mol. The van der Waals surface area contributed by atoms with E-state index in [0.29, 0.717) is 11.2 Å². The van der Waals surface area contributed by atoms with Gasteiger partial charge in [0.05, 0.1) is 16.8 Å². The van der Waals surface area contributed by atoms with Crippen LogP contribution in [0.3, 0.4) is 0 Å². The maximum Gasteiger partial charge on any atom is 0.514 e. The first kappa shape index (κ1) is 15.4. The Bertz CT molecular complexity index is 455. The van der Waals surface area contributed by atoms with E-state index in [1.165, 1.54) is 6.20 Å². The third-order valence-corrected chi connectivity index (χ3v) is 4.26. The molecule has 2 rings (SSSR count). The molecule has 7 heteroatoms. The topological polar surface area (TPSA) is 31.4 Å². The van der Waals surface area contributed by atoms with Gasteiger partial charge in [0.15, 0.2) is 0 Å². The molecule has 1 aliphatic heterocycles. The molecule has 1 saturated heterocycles. The molecule has 0 radical (unpaired) electrons. The van der Waals surface area contributed by atoms with Crippen LogP contribution in [0.1, 0.15) is 33.3 Å². The Morgan fingerprint density at radius 2 is 1.58 bits per heavy atom. The molecule has 1 aromatic heterocycles. The number of pyridine rings is 1. The summed E-state index contributed by atoms with van der Waals surface area (Å²) < 4.78 is 10.3. The van der Waals surface area contributed by atoms with Crippen LogP contribution >= 0.6 is 34.8 Å². The van der Waals surface area contributed by atoms with Gasteiger partial charge in [0.1, 0.15) is 0 Å². The normalized spacial score (nSPS) is 21.7. The molecule has 0 saturated carbocycles. The van der Waals surface area contributed by atoms with Gasteiger partial charge in [0.2, 0.25) is 3.79 Å². The summed E-state index contributed by atoms with van der Waals surface area (Å²) in [6, 6.07) is 3.46. The third kappa shape index (κ3) is 3.03. The van der Waals surface area contributed by atoms with E-state index in [-0.39, 0.29) is 0 Å². The number of halogens is 3. The minimum absolute atomic E-state index is 0.396. The number of aromatic nitrogens is 1. The molecule has 0 aliphatic carbocycles. The summed E-state index contributed by atoms with van der Waals surface area (Å²) in [5, 5.41) is 0. The summed E-state index contributed by atoms with van der Waals surface area (Å²) in [5.41, 5.74) is 0.384. The molecule has 1 fully saturated rings. The van der Waals surface area contributed by atoms with E-state index in [9.17, 15) is 0 Å². The molecular formula is C12H15BCl3NO2. The van der Waals surface area contributed by atoms with E-state index < -0.39 is 22.1 Å². The van der Waals surface area contributed by atoms with Crippen molar-refractivity contribution < 1.29 is 9.31 Å². The molecule has 19 heavy (non-hydrogen) atoms. The van der Waals surface area contributed by atoms with Crippen molar-refractivity contribution in [3.63, 3.8) is 0 Å². The Morgan fingerprint density at radius 1 is 1.05 bits per heavy atom. The van der Waals surface area contributed by atoms with Crippen molar-refractivity contribution in [1.29, 1.82) is 0 Å². The van der Waals surface area contributed by atoms with Gasteiger partial charge in [-0.1, -0.05) is 40.9 Å². The smallest absolute Gasteiger partial charge is 0.398 e. The second kappa shape index (κ2) is 4.78. The zero-order valence-corrected chi connectivity index (χ0v) is 13.5. The van der Waals surface area contributed by atoms with Gasteiger partial charge in [-0.05, 0) is 33.8 Å². The van der Waals surface area contributed by atoms with Crippen LogP contribution in [0.5, 0.6) is 0 Å². The highest BCUT2D eigenvalue weighted by Gasteiger charge is 2.52. The van der Waals surface area contributed by atoms with Gasteiger partial charge in [0.25, 0.3) is 0 Å². The van der Waals surface area contributed by atoms with Crippen LogP contribution in [0.25, 0.3) is 0 Å². The fourth-order valence-corrected chi connectivity index (χ4v) is 2.01. The summed E-state index contributed by atoms with van der Waals surface area (Å²) >= 11 is 17.4. The zero-order valence-electron chi connectivity index (χ0n) is 11.2. The molecular weight excluding hydrogens is 307 g/mol. The number of hydrogen-bond donors (Lipinski definition) is 0. The van der Waals surface area contributed by atoms with Gasteiger partial charge in [-0.15, -0.1) is 0 Å². The van der Waals surface area contributed by atoms with Gasteiger partial charge < -0.3 is 9.31 Å². The molecule has 0 bridgehead atoms. The monoisotopic (exact) mass is 321 g/mol. The van der Waals surface area contributed by atoms with Crippen LogP contribution in [-0.2, 0) is 13.1 Å². The van der Waals surface area contributed by atoms with E-state index in [2.05, 4.69) is 4.98 Å². The second-order valence-corrected chi connectivity index (χ2v) is 7.84. The largest absolute Gasteiger partial charge is 0.514 e. The number of rotatable bonds is 1. The van der Waals surface area contributed by atoms with Gasteiger partial charge in [-0.2, -0.15) is 0 Å². The highest BCUT2D eigenvalue weighted by atomic mass is 35.6. The van der Waals surface area contributed by atoms with Gasteiger partial charge in [0, 0.05) is 11.8 Å². The SMILES string of the molecule is CC1(C)OB(c2ccc(C(Cl)(Cl)Cl)cn2)OC1(C)C. The fraction of sp³-hybridized carbons (Fsp3) is 0.583. The Balaban J connectivity index is 2.22. The van der Waals surface area contributed by atoms with Crippen LogP contribution in [-0.4, -0.2) is 23.3 Å². The number of hydrogen-bond acceptors (Lipinski definition) is 3. The Hall–Kier alpha value is 0.00494. The molecule has 0 spiro atoms. The molecule has 1 aliphatic rings. The molecule has 104 valence electrons. The van der Waals surface area contributed by atoms with Crippen molar-refractivity contribution in [1.82, 2.24) is 4.98 Å². The predicted octanol–water partition coefficient (Wildman–Crippen LogP) is 3.21. The van der Waals surface area contributed by atoms with Gasteiger partial charge >= 0.3 is 7.12 Å². The lowest BCUT2D eigenvalue weighted by molar-refractivity contribution is 0.00578. The molecule has 3 nitrogen and oxygen atoms in total. The van der Waals surface area contributed by atoms with Gasteiger partial charge in [-0.25, -0.2) is 0 Å². The Morgan fingerprint density at radius 3 is 1.95 bits per heavy atom. The summed E-state index contributed by atoms with van der Waals surface area (Å²) in [7, 11) is -0.505. The van der Waals surface area contributed by atoms with Crippen molar-refractivity contribution in [3.05, 3.63) is 23.9 Å². The summed E-state index contributed by atoms with van der Waals surface area (Å²) in [4.78, 5) is 4.25. The van der Waals surface area contributed by atoms with Crippen LogP contribution < -0.4 is 5.59 Å².